The van der Waals surface area contributed by atoms with Gasteiger partial charge >= 0.3 is 51.4 Å². The monoisotopic (exact) mass is 174 g/mol. The van der Waals surface area contributed by atoms with E-state index < -0.39 is 0 Å². The van der Waals surface area contributed by atoms with Crippen molar-refractivity contribution in [1.29, 1.82) is 0 Å². The molecule has 0 saturated carbocycles. The number of rotatable bonds is 0. The van der Waals surface area contributed by atoms with Crippen LogP contribution in [0.3, 0.4) is 0 Å². The number of benzene rings is 1. The van der Waals surface area contributed by atoms with Gasteiger partial charge < -0.3 is 5.21 Å². The van der Waals surface area contributed by atoms with E-state index in [1.54, 1.807) is 12.1 Å². The molecule has 0 aliphatic rings. The Hall–Kier alpha value is 0.0564. The van der Waals surface area contributed by atoms with Crippen molar-refractivity contribution in [2.75, 3.05) is 0 Å². The summed E-state index contributed by atoms with van der Waals surface area (Å²) < 4.78 is 0. The molecule has 1 aromatic carbocycles. The molecule has 0 atom stereocenters. The zero-order chi connectivity index (χ0) is 6.97. The van der Waals surface area contributed by atoms with E-state index in [2.05, 4.69) is 10.3 Å². The van der Waals surface area contributed by atoms with E-state index in [1.165, 1.54) is 0 Å². The average Bonchev–Trinajstić information content (AvgIpc) is 2.34. The van der Waals surface area contributed by atoms with Crippen molar-refractivity contribution in [2.45, 2.75) is 0 Å². The number of fused-ring (bicyclic) bond motifs is 1. The van der Waals surface area contributed by atoms with E-state index in [-0.39, 0.29) is 51.4 Å². The molecule has 1 aromatic heterocycles. The first kappa shape index (κ1) is 9.15. The van der Waals surface area contributed by atoms with Crippen molar-refractivity contribution in [3.8, 4) is 0 Å². The van der Waals surface area contributed by atoms with Gasteiger partial charge in [0.25, 0.3) is 0 Å². The molecule has 5 heteroatoms. The van der Waals surface area contributed by atoms with E-state index in [9.17, 15) is 0 Å². The van der Waals surface area contributed by atoms with Gasteiger partial charge in [0, 0.05) is 0 Å². The van der Waals surface area contributed by atoms with Gasteiger partial charge in [0.15, 0.2) is 0 Å². The maximum absolute atomic E-state index is 8.95. The third-order valence-electron chi connectivity index (χ3n) is 1.33. The van der Waals surface area contributed by atoms with Gasteiger partial charge in [-0.3, -0.25) is 0 Å². The van der Waals surface area contributed by atoms with Crippen LogP contribution in [-0.2, 0) is 0 Å². The van der Waals surface area contributed by atoms with Crippen LogP contribution in [0.25, 0.3) is 11.0 Å². The molecule has 0 amide bonds. The van der Waals surface area contributed by atoms with Crippen LogP contribution in [0, 0.1) is 0 Å². The van der Waals surface area contributed by atoms with E-state index in [1.807, 2.05) is 12.1 Å². The third kappa shape index (κ3) is 1.62. The van der Waals surface area contributed by atoms with Crippen molar-refractivity contribution in [3.05, 3.63) is 24.3 Å². The van der Waals surface area contributed by atoms with Gasteiger partial charge in [0.2, 0.25) is 0 Å². The second-order valence-electron chi connectivity index (χ2n) is 1.97. The van der Waals surface area contributed by atoms with E-state index in [0.717, 1.165) is 4.85 Å². The predicted octanol–water partition coefficient (Wildman–Crippen LogP) is -2.33. The number of aromatic nitrogens is 3. The number of para-hydroxylation sites is 1. The topological polar surface area (TPSA) is 50.9 Å². The molecule has 0 aliphatic carbocycles. The smallest absolute Gasteiger partial charge is 0.410 e. The minimum absolute atomic E-state index is 0. The molecule has 2 rings (SSSR count). The standard InChI is InChI=1S/C6H5N3O.K/c10-9-6-4-2-1-3-5(6)7-8-9;/h1-4,10H;/q;+1. The summed E-state index contributed by atoms with van der Waals surface area (Å²) in [7, 11) is 0. The van der Waals surface area contributed by atoms with Crippen LogP contribution >= 0.6 is 0 Å². The molecule has 2 aromatic rings. The van der Waals surface area contributed by atoms with Gasteiger partial charge in [-0.25, -0.2) is 0 Å². The summed E-state index contributed by atoms with van der Waals surface area (Å²) in [6, 6.07) is 7.19. The molecular weight excluding hydrogens is 169 g/mol. The summed E-state index contributed by atoms with van der Waals surface area (Å²) in [5, 5.41) is 16.1. The summed E-state index contributed by atoms with van der Waals surface area (Å²) in [6.45, 7) is 0. The minimum Gasteiger partial charge on any atom is -0.410 e. The Balaban J connectivity index is 0.000000605. The van der Waals surface area contributed by atoms with Crippen LogP contribution < -0.4 is 51.4 Å². The van der Waals surface area contributed by atoms with Gasteiger partial charge in [0.1, 0.15) is 11.0 Å². The average molecular weight is 174 g/mol. The second-order valence-corrected chi connectivity index (χ2v) is 1.97. The molecule has 0 spiro atoms. The van der Waals surface area contributed by atoms with Crippen molar-refractivity contribution in [1.82, 2.24) is 15.2 Å². The van der Waals surface area contributed by atoms with Crippen molar-refractivity contribution in [2.24, 2.45) is 0 Å². The first-order valence-corrected chi connectivity index (χ1v) is 2.87. The molecule has 50 valence electrons. The molecule has 0 aliphatic heterocycles. The molecule has 1 N–H and O–H groups in total. The Morgan fingerprint density at radius 1 is 1.27 bits per heavy atom. The zero-order valence-electron chi connectivity index (χ0n) is 6.10. The number of hydrogen-bond donors (Lipinski definition) is 1. The molecule has 4 nitrogen and oxygen atoms in total. The Bertz CT molecular complexity index is 359. The molecular formula is C6H5KN3O+. The van der Waals surface area contributed by atoms with Gasteiger partial charge in [0.05, 0.1) is 0 Å². The van der Waals surface area contributed by atoms with E-state index >= 15 is 0 Å². The minimum atomic E-state index is 0. The maximum Gasteiger partial charge on any atom is 1.00 e. The SMILES string of the molecule is On1nnc2ccccc21.[K+]. The predicted molar refractivity (Wildman–Crippen MR) is 34.7 cm³/mol. The maximum atomic E-state index is 8.95. The van der Waals surface area contributed by atoms with E-state index in [4.69, 9.17) is 5.21 Å². The fraction of sp³-hybridized carbons (Fsp3) is 0. The van der Waals surface area contributed by atoms with E-state index in [0.29, 0.717) is 11.0 Å². The molecule has 0 fully saturated rings. The zero-order valence-corrected chi connectivity index (χ0v) is 9.22. The van der Waals surface area contributed by atoms with Crippen LogP contribution in [0.5, 0.6) is 0 Å². The van der Waals surface area contributed by atoms with Gasteiger partial charge in [-0.15, -0.1) is 5.10 Å². The summed E-state index contributed by atoms with van der Waals surface area (Å²) in [5.41, 5.74) is 1.33. The van der Waals surface area contributed by atoms with Crippen molar-refractivity contribution < 1.29 is 56.6 Å². The Labute approximate surface area is 106 Å². The van der Waals surface area contributed by atoms with Crippen molar-refractivity contribution in [3.63, 3.8) is 0 Å². The normalized spacial score (nSPS) is 9.45. The van der Waals surface area contributed by atoms with Crippen LogP contribution in [0.1, 0.15) is 0 Å². The molecule has 0 saturated heterocycles. The summed E-state index contributed by atoms with van der Waals surface area (Å²) in [4.78, 5) is 0.759. The van der Waals surface area contributed by atoms with Crippen LogP contribution in [0.2, 0.25) is 0 Å². The first-order chi connectivity index (χ1) is 4.88. The summed E-state index contributed by atoms with van der Waals surface area (Å²) in [5.74, 6) is 0. The van der Waals surface area contributed by atoms with Crippen LogP contribution in [0.4, 0.5) is 0 Å². The second kappa shape index (κ2) is 3.64. The molecule has 0 unspecified atom stereocenters. The van der Waals surface area contributed by atoms with Crippen molar-refractivity contribution >= 4 is 11.0 Å². The van der Waals surface area contributed by atoms with Crippen LogP contribution in [0.15, 0.2) is 24.3 Å². The molecule has 1 heterocycles. The van der Waals surface area contributed by atoms with Crippen LogP contribution in [-0.4, -0.2) is 20.4 Å². The third-order valence-corrected chi connectivity index (χ3v) is 1.33. The Morgan fingerprint density at radius 2 is 2.00 bits per heavy atom. The Morgan fingerprint density at radius 3 is 2.73 bits per heavy atom. The fourth-order valence-corrected chi connectivity index (χ4v) is 0.857. The quantitative estimate of drug-likeness (QED) is 0.360. The van der Waals surface area contributed by atoms with Gasteiger partial charge in [-0.1, -0.05) is 17.0 Å². The largest absolute Gasteiger partial charge is 1.00 e. The number of hydrogen-bond acceptors (Lipinski definition) is 3. The molecule has 0 bridgehead atoms. The first-order valence-electron chi connectivity index (χ1n) is 2.87. The van der Waals surface area contributed by atoms with Gasteiger partial charge in [-0.2, -0.15) is 0 Å². The molecule has 0 radical (unpaired) electrons. The fourth-order valence-electron chi connectivity index (χ4n) is 0.857. The van der Waals surface area contributed by atoms with Gasteiger partial charge in [-0.05, 0) is 17.3 Å². The number of nitrogens with zero attached hydrogens (tertiary/aromatic N) is 3. The summed E-state index contributed by atoms with van der Waals surface area (Å²) >= 11 is 0. The molecule has 11 heavy (non-hydrogen) atoms. The Kier molecular flexibility index (Phi) is 3.03. The summed E-state index contributed by atoms with van der Waals surface area (Å²) in [6.07, 6.45) is 0.